The van der Waals surface area contributed by atoms with Gasteiger partial charge < -0.3 is 9.84 Å². The van der Waals surface area contributed by atoms with Crippen molar-refractivity contribution in [2.24, 2.45) is 10.2 Å². The topological polar surface area (TPSA) is 97.3 Å². The first-order chi connectivity index (χ1) is 11.5. The maximum absolute atomic E-state index is 11.1. The van der Waals surface area contributed by atoms with Crippen molar-refractivity contribution in [1.82, 2.24) is 0 Å². The third-order valence-corrected chi connectivity index (χ3v) is 3.31. The Hall–Kier alpha value is -3.22. The number of nitrogens with zero attached hydrogens (tertiary/aromatic N) is 3. The van der Waals surface area contributed by atoms with Gasteiger partial charge in [-0.2, -0.15) is 0 Å². The van der Waals surface area contributed by atoms with Crippen LogP contribution >= 0.6 is 0 Å². The van der Waals surface area contributed by atoms with Crippen LogP contribution in [0.25, 0.3) is 0 Å². The van der Waals surface area contributed by atoms with Crippen LogP contribution in [0.3, 0.4) is 0 Å². The number of phenolic OH excluding ortho intramolecular Hbond substituents is 1. The van der Waals surface area contributed by atoms with Gasteiger partial charge in [-0.05, 0) is 42.7 Å². The highest BCUT2D eigenvalue weighted by molar-refractivity contribution is 5.62. The van der Waals surface area contributed by atoms with E-state index >= 15 is 0 Å². The molecule has 0 aliphatic carbocycles. The van der Waals surface area contributed by atoms with Crippen LogP contribution in [-0.4, -0.2) is 17.1 Å². The fourth-order valence-electron chi connectivity index (χ4n) is 2.14. The van der Waals surface area contributed by atoms with Gasteiger partial charge in [-0.15, -0.1) is 16.8 Å². The molecule has 0 radical (unpaired) electrons. The molecule has 7 heteroatoms. The summed E-state index contributed by atoms with van der Waals surface area (Å²) in [6, 6.07) is 7.94. The smallest absolute Gasteiger partial charge is 0.296 e. The zero-order chi connectivity index (χ0) is 17.7. The lowest BCUT2D eigenvalue weighted by Crippen LogP contribution is -1.89. The summed E-state index contributed by atoms with van der Waals surface area (Å²) < 4.78 is 5.11. The van der Waals surface area contributed by atoms with Gasteiger partial charge in [0.15, 0.2) is 17.2 Å². The van der Waals surface area contributed by atoms with Crippen LogP contribution in [0, 0.1) is 17.0 Å². The van der Waals surface area contributed by atoms with Gasteiger partial charge in [0.25, 0.3) is 5.69 Å². The van der Waals surface area contributed by atoms with E-state index in [-0.39, 0.29) is 28.6 Å². The Kier molecular flexibility index (Phi) is 5.26. The molecule has 0 bridgehead atoms. The molecule has 2 aromatic rings. The first-order valence-electron chi connectivity index (χ1n) is 7.13. The molecule has 0 unspecified atom stereocenters. The second-order valence-electron chi connectivity index (χ2n) is 5.11. The van der Waals surface area contributed by atoms with E-state index in [1.165, 1.54) is 19.2 Å². The van der Waals surface area contributed by atoms with Crippen LogP contribution in [-0.2, 0) is 6.42 Å². The third-order valence-electron chi connectivity index (χ3n) is 3.31. The summed E-state index contributed by atoms with van der Waals surface area (Å²) in [5, 5.41) is 29.1. The zero-order valence-corrected chi connectivity index (χ0v) is 13.4. The summed E-state index contributed by atoms with van der Waals surface area (Å²) in [7, 11) is 1.43. The average molecular weight is 327 g/mol. The van der Waals surface area contributed by atoms with Crippen LogP contribution in [0.15, 0.2) is 53.2 Å². The monoisotopic (exact) mass is 327 g/mol. The van der Waals surface area contributed by atoms with E-state index in [1.54, 1.807) is 31.2 Å². The van der Waals surface area contributed by atoms with Crippen molar-refractivity contribution in [2.75, 3.05) is 7.11 Å². The molecule has 2 rings (SSSR count). The number of nitro groups is 1. The molecule has 7 nitrogen and oxygen atoms in total. The van der Waals surface area contributed by atoms with Crippen molar-refractivity contribution in [2.45, 2.75) is 13.3 Å². The number of azo groups is 1. The summed E-state index contributed by atoms with van der Waals surface area (Å²) in [5.41, 5.74) is 1.71. The van der Waals surface area contributed by atoms with Gasteiger partial charge in [-0.1, -0.05) is 12.1 Å². The van der Waals surface area contributed by atoms with Crippen LogP contribution in [0.1, 0.15) is 11.1 Å². The van der Waals surface area contributed by atoms with Gasteiger partial charge in [-0.25, -0.2) is 0 Å². The molecule has 0 atom stereocenters. The van der Waals surface area contributed by atoms with Gasteiger partial charge >= 0.3 is 0 Å². The fourth-order valence-corrected chi connectivity index (χ4v) is 2.14. The maximum atomic E-state index is 11.1. The summed E-state index contributed by atoms with van der Waals surface area (Å²) in [6.07, 6.45) is 2.27. The molecule has 1 N–H and O–H groups in total. The van der Waals surface area contributed by atoms with E-state index in [2.05, 4.69) is 16.8 Å². The van der Waals surface area contributed by atoms with Gasteiger partial charge in [0.1, 0.15) is 5.69 Å². The molecule has 0 spiro atoms. The number of aryl methyl sites for hydroxylation is 1. The van der Waals surface area contributed by atoms with Gasteiger partial charge in [0.05, 0.1) is 12.0 Å². The van der Waals surface area contributed by atoms with Crippen molar-refractivity contribution in [3.05, 3.63) is 64.2 Å². The molecule has 0 heterocycles. The Labute approximate surface area is 139 Å². The van der Waals surface area contributed by atoms with Gasteiger partial charge in [0, 0.05) is 6.07 Å². The third kappa shape index (κ3) is 3.75. The van der Waals surface area contributed by atoms with E-state index < -0.39 is 4.92 Å². The lowest BCUT2D eigenvalue weighted by atomic mass is 10.1. The molecular formula is C17H17N3O4. The molecule has 124 valence electrons. The lowest BCUT2D eigenvalue weighted by molar-refractivity contribution is -0.384. The zero-order valence-electron chi connectivity index (χ0n) is 13.4. The molecule has 0 aliphatic heterocycles. The summed E-state index contributed by atoms with van der Waals surface area (Å²) >= 11 is 0. The Morgan fingerprint density at radius 2 is 2.00 bits per heavy atom. The Morgan fingerprint density at radius 1 is 1.29 bits per heavy atom. The lowest BCUT2D eigenvalue weighted by Gasteiger charge is -2.08. The maximum Gasteiger partial charge on any atom is 0.296 e. The Bertz CT molecular complexity index is 816. The number of hydrogen-bond acceptors (Lipinski definition) is 6. The minimum atomic E-state index is -0.518. The number of benzene rings is 2. The molecule has 0 aromatic heterocycles. The number of hydrogen-bond donors (Lipinski definition) is 1. The van der Waals surface area contributed by atoms with Crippen LogP contribution in [0.4, 0.5) is 17.1 Å². The molecule has 2 aromatic carbocycles. The number of nitro benzene ring substituents is 1. The Balaban J connectivity index is 2.47. The number of rotatable bonds is 6. The molecule has 0 fully saturated rings. The van der Waals surface area contributed by atoms with E-state index in [9.17, 15) is 15.2 Å². The van der Waals surface area contributed by atoms with Crippen LogP contribution in [0.2, 0.25) is 0 Å². The highest BCUT2D eigenvalue weighted by Crippen LogP contribution is 2.39. The van der Waals surface area contributed by atoms with E-state index in [0.29, 0.717) is 6.42 Å². The quantitative estimate of drug-likeness (QED) is 0.358. The average Bonchev–Trinajstić information content (AvgIpc) is 2.55. The molecule has 0 saturated carbocycles. The summed E-state index contributed by atoms with van der Waals surface area (Å²) in [5.74, 6) is 0.0746. The van der Waals surface area contributed by atoms with Crippen LogP contribution in [0.5, 0.6) is 11.5 Å². The molecule has 0 aliphatic rings. The summed E-state index contributed by atoms with van der Waals surface area (Å²) in [6.45, 7) is 5.42. The second-order valence-corrected chi connectivity index (χ2v) is 5.11. The minimum Gasteiger partial charge on any atom is -0.503 e. The van der Waals surface area contributed by atoms with Crippen molar-refractivity contribution in [3.8, 4) is 11.5 Å². The van der Waals surface area contributed by atoms with Gasteiger partial charge in [-0.3, -0.25) is 10.1 Å². The number of ether oxygens (including phenoxy) is 1. The largest absolute Gasteiger partial charge is 0.503 e. The van der Waals surface area contributed by atoms with Crippen molar-refractivity contribution >= 4 is 17.1 Å². The number of phenols is 1. The fraction of sp³-hybridized carbons (Fsp3) is 0.176. The molecule has 24 heavy (non-hydrogen) atoms. The summed E-state index contributed by atoms with van der Waals surface area (Å²) in [4.78, 5) is 10.6. The van der Waals surface area contributed by atoms with E-state index in [0.717, 1.165) is 11.1 Å². The van der Waals surface area contributed by atoms with E-state index in [4.69, 9.17) is 4.74 Å². The SMILES string of the molecule is C=CCc1cc(N=Nc2ccc(C)cc2[N+](=O)[O-])c(O)c(OC)c1. The molecule has 0 saturated heterocycles. The van der Waals surface area contributed by atoms with Crippen molar-refractivity contribution in [1.29, 1.82) is 0 Å². The predicted molar refractivity (Wildman–Crippen MR) is 90.6 cm³/mol. The minimum absolute atomic E-state index is 0.109. The number of allylic oxidation sites excluding steroid dienone is 1. The van der Waals surface area contributed by atoms with E-state index in [1.807, 2.05) is 0 Å². The molecular weight excluding hydrogens is 310 g/mol. The normalized spacial score (nSPS) is 10.8. The number of methoxy groups -OCH3 is 1. The van der Waals surface area contributed by atoms with Crippen molar-refractivity contribution in [3.63, 3.8) is 0 Å². The highest BCUT2D eigenvalue weighted by atomic mass is 16.6. The first kappa shape index (κ1) is 17.1. The molecule has 0 amide bonds. The standard InChI is InChI=1S/C17H17N3O4/c1-4-5-12-9-14(17(21)16(10-12)24-3)19-18-13-7-6-11(2)8-15(13)20(22)23/h4,6-10,21H,1,5H2,2-3H3. The predicted octanol–water partition coefficient (Wildman–Crippen LogP) is 4.76. The van der Waals surface area contributed by atoms with Gasteiger partial charge in [0.2, 0.25) is 0 Å². The number of aromatic hydroxyl groups is 1. The highest BCUT2D eigenvalue weighted by Gasteiger charge is 2.14. The van der Waals surface area contributed by atoms with Crippen LogP contribution < -0.4 is 4.74 Å². The first-order valence-corrected chi connectivity index (χ1v) is 7.13. The Morgan fingerprint density at radius 3 is 2.62 bits per heavy atom. The van der Waals surface area contributed by atoms with Crippen molar-refractivity contribution < 1.29 is 14.8 Å². The second kappa shape index (κ2) is 7.36.